The molecule has 0 radical (unpaired) electrons. The van der Waals surface area contributed by atoms with Gasteiger partial charge >= 0.3 is 5.97 Å². The average molecular weight is 477 g/mol. The third-order valence-electron chi connectivity index (χ3n) is 6.30. The Morgan fingerprint density at radius 2 is 2.03 bits per heavy atom. The van der Waals surface area contributed by atoms with Gasteiger partial charge in [-0.3, -0.25) is 9.59 Å². The van der Waals surface area contributed by atoms with E-state index >= 15 is 0 Å². The number of benzene rings is 1. The van der Waals surface area contributed by atoms with E-state index in [0.29, 0.717) is 55.2 Å². The summed E-state index contributed by atoms with van der Waals surface area (Å²) in [5.74, 6) is -1.12. The number of carboxylic acids is 1. The first-order chi connectivity index (χ1) is 15.2. The zero-order valence-electron chi connectivity index (χ0n) is 18.2. The molecule has 0 bridgehead atoms. The standard InChI is InChI=1S/C24H26ClFN2O3S/c1-24(2,23(30)31)11-4-7-21(29)27-12-10-16-17-5-3-6-18(26)22(17)28(19(16)14-27)13-15-8-9-20(25)32-15/h3,5-6,8-9H,4,7,10-14H2,1-2H3,(H,30,31). The molecule has 5 nitrogen and oxygen atoms in total. The highest BCUT2D eigenvalue weighted by Crippen LogP contribution is 2.34. The molecule has 3 heterocycles. The van der Waals surface area contributed by atoms with Crippen molar-refractivity contribution in [1.29, 1.82) is 0 Å². The van der Waals surface area contributed by atoms with Gasteiger partial charge in [0.2, 0.25) is 5.91 Å². The highest BCUT2D eigenvalue weighted by Gasteiger charge is 2.30. The van der Waals surface area contributed by atoms with Gasteiger partial charge in [-0.05, 0) is 56.9 Å². The van der Waals surface area contributed by atoms with Crippen LogP contribution in [0.2, 0.25) is 4.34 Å². The summed E-state index contributed by atoms with van der Waals surface area (Å²) in [6, 6.07) is 8.93. The van der Waals surface area contributed by atoms with Crippen molar-refractivity contribution in [1.82, 2.24) is 9.47 Å². The second-order valence-corrected chi connectivity index (χ2v) is 10.8. The molecule has 0 saturated carbocycles. The minimum Gasteiger partial charge on any atom is -0.481 e. The Kier molecular flexibility index (Phi) is 6.32. The predicted octanol–water partition coefficient (Wildman–Crippen LogP) is 5.71. The van der Waals surface area contributed by atoms with Crippen LogP contribution >= 0.6 is 22.9 Å². The predicted molar refractivity (Wildman–Crippen MR) is 125 cm³/mol. The van der Waals surface area contributed by atoms with E-state index in [1.54, 1.807) is 19.9 Å². The molecule has 1 N–H and O–H groups in total. The zero-order chi connectivity index (χ0) is 23.0. The number of hydrogen-bond acceptors (Lipinski definition) is 3. The van der Waals surface area contributed by atoms with Crippen molar-refractivity contribution < 1.29 is 19.1 Å². The molecular weight excluding hydrogens is 451 g/mol. The molecule has 0 aliphatic carbocycles. The van der Waals surface area contributed by atoms with Crippen molar-refractivity contribution in [2.24, 2.45) is 5.41 Å². The van der Waals surface area contributed by atoms with Crippen LogP contribution in [0.5, 0.6) is 0 Å². The number of hydrogen-bond donors (Lipinski definition) is 1. The molecule has 2 aromatic heterocycles. The van der Waals surface area contributed by atoms with E-state index in [1.807, 2.05) is 27.7 Å². The molecule has 3 aromatic rings. The number of carbonyl (C=O) groups is 2. The van der Waals surface area contributed by atoms with Gasteiger partial charge in [0.1, 0.15) is 5.82 Å². The number of aliphatic carboxylic acids is 1. The minimum atomic E-state index is -0.854. The van der Waals surface area contributed by atoms with Crippen LogP contribution in [0.3, 0.4) is 0 Å². The Morgan fingerprint density at radius 1 is 1.25 bits per heavy atom. The van der Waals surface area contributed by atoms with E-state index in [9.17, 15) is 19.1 Å². The number of carboxylic acid groups (broad SMARTS) is 1. The molecule has 1 aromatic carbocycles. The first kappa shape index (κ1) is 22.8. The highest BCUT2D eigenvalue weighted by molar-refractivity contribution is 7.16. The summed E-state index contributed by atoms with van der Waals surface area (Å²) in [6.07, 6.45) is 1.94. The third-order valence-corrected chi connectivity index (χ3v) is 7.51. The van der Waals surface area contributed by atoms with Gasteiger partial charge in [-0.2, -0.15) is 0 Å². The molecule has 0 fully saturated rings. The Bertz CT molecular complexity index is 1180. The number of halogens is 2. The lowest BCUT2D eigenvalue weighted by Gasteiger charge is -2.29. The molecule has 1 amide bonds. The van der Waals surface area contributed by atoms with Crippen LogP contribution in [0, 0.1) is 11.2 Å². The van der Waals surface area contributed by atoms with Crippen LogP contribution in [0.4, 0.5) is 4.39 Å². The van der Waals surface area contributed by atoms with Gasteiger partial charge in [-0.1, -0.05) is 23.7 Å². The third kappa shape index (κ3) is 4.41. The molecule has 0 unspecified atom stereocenters. The van der Waals surface area contributed by atoms with E-state index in [1.165, 1.54) is 17.4 Å². The number of amides is 1. The van der Waals surface area contributed by atoms with Crippen molar-refractivity contribution >= 4 is 45.7 Å². The number of fused-ring (bicyclic) bond motifs is 3. The first-order valence-electron chi connectivity index (χ1n) is 10.7. The van der Waals surface area contributed by atoms with E-state index in [4.69, 9.17) is 11.6 Å². The van der Waals surface area contributed by atoms with E-state index in [-0.39, 0.29) is 11.7 Å². The number of nitrogens with zero attached hydrogens (tertiary/aromatic N) is 2. The summed E-state index contributed by atoms with van der Waals surface area (Å²) >= 11 is 7.57. The van der Waals surface area contributed by atoms with Crippen molar-refractivity contribution in [2.75, 3.05) is 6.54 Å². The second kappa shape index (κ2) is 8.87. The summed E-state index contributed by atoms with van der Waals surface area (Å²) in [5, 5.41) is 10.2. The van der Waals surface area contributed by atoms with Gasteiger partial charge < -0.3 is 14.6 Å². The fourth-order valence-electron chi connectivity index (χ4n) is 4.38. The van der Waals surface area contributed by atoms with Gasteiger partial charge in [0.05, 0.1) is 28.4 Å². The van der Waals surface area contributed by atoms with Crippen LogP contribution in [0.15, 0.2) is 30.3 Å². The Morgan fingerprint density at radius 3 is 2.72 bits per heavy atom. The van der Waals surface area contributed by atoms with Crippen LogP contribution < -0.4 is 0 Å². The molecular formula is C24H26ClFN2O3S. The summed E-state index contributed by atoms with van der Waals surface area (Å²) in [7, 11) is 0. The number of rotatable bonds is 7. The first-order valence-corrected chi connectivity index (χ1v) is 11.9. The molecule has 1 aliphatic rings. The molecule has 0 spiro atoms. The van der Waals surface area contributed by atoms with Crippen molar-refractivity contribution in [2.45, 2.75) is 52.6 Å². The maximum Gasteiger partial charge on any atom is 0.309 e. The average Bonchev–Trinajstić information content (AvgIpc) is 3.29. The van der Waals surface area contributed by atoms with Gasteiger partial charge in [-0.15, -0.1) is 11.3 Å². The summed E-state index contributed by atoms with van der Waals surface area (Å²) in [4.78, 5) is 27.0. The van der Waals surface area contributed by atoms with Gasteiger partial charge in [0.15, 0.2) is 0 Å². The number of thiophene rings is 1. The quantitative estimate of drug-likeness (QED) is 0.475. The number of aromatic nitrogens is 1. The zero-order valence-corrected chi connectivity index (χ0v) is 19.7. The van der Waals surface area contributed by atoms with Crippen LogP contribution in [0.25, 0.3) is 10.9 Å². The largest absolute Gasteiger partial charge is 0.481 e. The van der Waals surface area contributed by atoms with E-state index in [0.717, 1.165) is 21.5 Å². The molecule has 32 heavy (non-hydrogen) atoms. The van der Waals surface area contributed by atoms with E-state index in [2.05, 4.69) is 0 Å². The lowest BCUT2D eigenvalue weighted by atomic mass is 9.87. The highest BCUT2D eigenvalue weighted by atomic mass is 35.5. The Hall–Kier alpha value is -2.38. The maximum atomic E-state index is 14.9. The number of carbonyl (C=O) groups excluding carboxylic acids is 1. The topological polar surface area (TPSA) is 62.5 Å². The fraction of sp³-hybridized carbons (Fsp3) is 0.417. The van der Waals surface area contributed by atoms with E-state index < -0.39 is 11.4 Å². The lowest BCUT2D eigenvalue weighted by Crippen LogP contribution is -2.36. The molecule has 0 saturated heterocycles. The molecule has 170 valence electrons. The Balaban J connectivity index is 1.58. The molecule has 0 atom stereocenters. The molecule has 4 rings (SSSR count). The number of para-hydroxylation sites is 1. The maximum absolute atomic E-state index is 14.9. The van der Waals surface area contributed by atoms with Crippen molar-refractivity contribution in [3.63, 3.8) is 0 Å². The summed E-state index contributed by atoms with van der Waals surface area (Å²) in [5.41, 5.74) is 1.78. The summed E-state index contributed by atoms with van der Waals surface area (Å²) < 4.78 is 17.5. The normalized spacial score (nSPS) is 14.1. The van der Waals surface area contributed by atoms with Gasteiger partial charge in [-0.25, -0.2) is 4.39 Å². The minimum absolute atomic E-state index is 0.00767. The Labute approximate surface area is 195 Å². The fourth-order valence-corrected chi connectivity index (χ4v) is 5.46. The van der Waals surface area contributed by atoms with Crippen molar-refractivity contribution in [3.05, 3.63) is 56.6 Å². The molecule has 1 aliphatic heterocycles. The SMILES string of the molecule is CC(C)(CCCC(=O)N1CCc2c(n(Cc3ccc(Cl)s3)c3c(F)cccc23)C1)C(=O)O. The molecule has 8 heteroatoms. The van der Waals surface area contributed by atoms with Gasteiger partial charge in [0.25, 0.3) is 0 Å². The summed E-state index contributed by atoms with van der Waals surface area (Å²) in [6.45, 7) is 4.85. The second-order valence-electron chi connectivity index (χ2n) is 8.96. The van der Waals surface area contributed by atoms with Crippen molar-refractivity contribution in [3.8, 4) is 0 Å². The van der Waals surface area contributed by atoms with Crippen LogP contribution in [-0.2, 0) is 29.1 Å². The smallest absolute Gasteiger partial charge is 0.309 e. The van der Waals surface area contributed by atoms with Crippen LogP contribution in [0.1, 0.15) is 49.2 Å². The monoisotopic (exact) mass is 476 g/mol. The van der Waals surface area contributed by atoms with Crippen LogP contribution in [-0.4, -0.2) is 33.0 Å². The van der Waals surface area contributed by atoms with Gasteiger partial charge in [0, 0.05) is 28.9 Å². The lowest BCUT2D eigenvalue weighted by molar-refractivity contribution is -0.147.